The highest BCUT2D eigenvalue weighted by Crippen LogP contribution is 2.53. The molecular formula is C45H33N4+. The molecule has 7 aromatic rings. The maximum absolute atomic E-state index is 5.48. The SMILES string of the molecule is CC12C=CC=CC1N(c1ccccc1)c1ccc(-c3ccc4c5ccccc5n5c4c3C3[NH2+]c4ccc(-c6ccccc6)cc4N=C35)cc12. The number of aliphatic imine (C=N–C) groups is 1. The van der Waals surface area contributed by atoms with Gasteiger partial charge in [0.05, 0.1) is 22.6 Å². The minimum Gasteiger partial charge on any atom is -0.333 e. The molecule has 11 rings (SSSR count). The first-order chi connectivity index (χ1) is 24.2. The van der Waals surface area contributed by atoms with E-state index in [1.807, 2.05) is 0 Å². The van der Waals surface area contributed by atoms with Gasteiger partial charge in [-0.1, -0.05) is 109 Å². The lowest BCUT2D eigenvalue weighted by atomic mass is 9.75. The Labute approximate surface area is 285 Å². The largest absolute Gasteiger partial charge is 0.333 e. The van der Waals surface area contributed by atoms with Gasteiger partial charge in [-0.3, -0.25) is 9.88 Å². The van der Waals surface area contributed by atoms with Crippen molar-refractivity contribution in [2.75, 3.05) is 4.90 Å². The highest BCUT2D eigenvalue weighted by Gasteiger charge is 2.47. The molecule has 0 saturated carbocycles. The van der Waals surface area contributed by atoms with E-state index in [9.17, 15) is 0 Å². The van der Waals surface area contributed by atoms with Gasteiger partial charge in [-0.2, -0.15) is 0 Å². The number of benzene rings is 6. The Morgan fingerprint density at radius 2 is 1.49 bits per heavy atom. The summed E-state index contributed by atoms with van der Waals surface area (Å²) >= 11 is 0. The molecule has 232 valence electrons. The Hall–Kier alpha value is -5.97. The average Bonchev–Trinajstić information content (AvgIpc) is 3.76. The van der Waals surface area contributed by atoms with Gasteiger partial charge in [-0.25, -0.2) is 4.99 Å². The Morgan fingerprint density at radius 1 is 0.694 bits per heavy atom. The zero-order valence-electron chi connectivity index (χ0n) is 27.1. The highest BCUT2D eigenvalue weighted by atomic mass is 15.2. The van der Waals surface area contributed by atoms with E-state index in [1.165, 1.54) is 72.2 Å². The van der Waals surface area contributed by atoms with Crippen LogP contribution >= 0.6 is 0 Å². The summed E-state index contributed by atoms with van der Waals surface area (Å²) < 4.78 is 2.44. The molecule has 3 aliphatic heterocycles. The van der Waals surface area contributed by atoms with Crippen LogP contribution in [0.3, 0.4) is 0 Å². The zero-order chi connectivity index (χ0) is 32.3. The quantitative estimate of drug-likeness (QED) is 0.194. The van der Waals surface area contributed by atoms with Gasteiger partial charge in [0.25, 0.3) is 0 Å². The number of anilines is 2. The first-order valence-corrected chi connectivity index (χ1v) is 17.2. The van der Waals surface area contributed by atoms with Crippen LogP contribution in [-0.2, 0) is 5.41 Å². The normalized spacial score (nSPS) is 21.1. The number of nitrogens with zero attached hydrogens (tertiary/aromatic N) is 3. The number of quaternary nitrogens is 1. The number of fused-ring (bicyclic) bond motifs is 10. The number of para-hydroxylation sites is 2. The van der Waals surface area contributed by atoms with E-state index < -0.39 is 0 Å². The first kappa shape index (κ1) is 27.0. The molecule has 4 heteroatoms. The third-order valence-electron chi connectivity index (χ3n) is 11.3. The number of nitrogens with two attached hydrogens (primary N) is 1. The van der Waals surface area contributed by atoms with E-state index in [0.717, 1.165) is 11.5 Å². The maximum Gasteiger partial charge on any atom is 0.178 e. The van der Waals surface area contributed by atoms with Crippen molar-refractivity contribution in [3.8, 4) is 22.3 Å². The van der Waals surface area contributed by atoms with Crippen molar-refractivity contribution in [1.82, 2.24) is 4.57 Å². The molecule has 6 aromatic carbocycles. The van der Waals surface area contributed by atoms with Crippen molar-refractivity contribution in [3.63, 3.8) is 0 Å². The fourth-order valence-electron chi connectivity index (χ4n) is 9.04. The topological polar surface area (TPSA) is 37.1 Å². The molecule has 0 bridgehead atoms. The average molecular weight is 630 g/mol. The van der Waals surface area contributed by atoms with Crippen molar-refractivity contribution in [3.05, 3.63) is 169 Å². The fourth-order valence-corrected chi connectivity index (χ4v) is 9.04. The second-order valence-electron chi connectivity index (χ2n) is 13.9. The van der Waals surface area contributed by atoms with Gasteiger partial charge in [0.15, 0.2) is 17.6 Å². The summed E-state index contributed by atoms with van der Waals surface area (Å²) in [7, 11) is 0. The lowest BCUT2D eigenvalue weighted by Crippen LogP contribution is -2.81. The van der Waals surface area contributed by atoms with Crippen LogP contribution in [0.15, 0.2) is 163 Å². The van der Waals surface area contributed by atoms with Crippen molar-refractivity contribution >= 4 is 50.4 Å². The molecule has 0 amide bonds. The molecule has 0 saturated heterocycles. The molecule has 0 radical (unpaired) electrons. The van der Waals surface area contributed by atoms with Gasteiger partial charge in [0.2, 0.25) is 0 Å². The summed E-state index contributed by atoms with van der Waals surface area (Å²) in [6.45, 7) is 2.39. The van der Waals surface area contributed by atoms with Crippen LogP contribution in [0.5, 0.6) is 0 Å². The molecule has 3 atom stereocenters. The molecule has 1 aromatic heterocycles. The molecule has 3 unspecified atom stereocenters. The molecule has 1 aliphatic carbocycles. The number of hydrogen-bond donors (Lipinski definition) is 1. The van der Waals surface area contributed by atoms with Crippen molar-refractivity contribution < 1.29 is 5.32 Å². The molecule has 4 heterocycles. The Balaban J connectivity index is 1.12. The predicted octanol–water partition coefficient (Wildman–Crippen LogP) is 9.87. The Bertz CT molecular complexity index is 2610. The van der Waals surface area contributed by atoms with Crippen molar-refractivity contribution in [1.29, 1.82) is 0 Å². The van der Waals surface area contributed by atoms with Crippen LogP contribution in [-0.4, -0.2) is 16.4 Å². The lowest BCUT2D eigenvalue weighted by molar-refractivity contribution is -0.599. The van der Waals surface area contributed by atoms with Gasteiger partial charge in [0, 0.05) is 33.6 Å². The second-order valence-corrected chi connectivity index (χ2v) is 13.9. The van der Waals surface area contributed by atoms with Crippen molar-refractivity contribution in [2.45, 2.75) is 24.4 Å². The minimum atomic E-state index is -0.145. The predicted molar refractivity (Wildman–Crippen MR) is 202 cm³/mol. The van der Waals surface area contributed by atoms with Crippen LogP contribution < -0.4 is 10.2 Å². The molecule has 4 aliphatic rings. The summed E-state index contributed by atoms with van der Waals surface area (Å²) in [5.74, 6) is 1.09. The van der Waals surface area contributed by atoms with Crippen LogP contribution in [0.4, 0.5) is 22.7 Å². The summed E-state index contributed by atoms with van der Waals surface area (Å²) in [6.07, 6.45) is 9.16. The van der Waals surface area contributed by atoms with Crippen molar-refractivity contribution in [2.24, 2.45) is 4.99 Å². The lowest BCUT2D eigenvalue weighted by Gasteiger charge is -2.34. The summed E-state index contributed by atoms with van der Waals surface area (Å²) in [4.78, 5) is 8.00. The number of hydrogen-bond acceptors (Lipinski definition) is 2. The second kappa shape index (κ2) is 9.79. The van der Waals surface area contributed by atoms with Crippen LogP contribution in [0.1, 0.15) is 24.1 Å². The van der Waals surface area contributed by atoms with Gasteiger partial charge >= 0.3 is 0 Å². The summed E-state index contributed by atoms with van der Waals surface area (Å²) in [6, 6.07) is 49.1. The standard InChI is InChI=1S/C45H32N4/c1-45-25-11-10-18-40(45)48(31-14-6-3-7-15-31)39-24-20-30(26-35(39)45)32-21-22-34-33-16-8-9-17-38(33)49-43(34)41(32)42-44(49)47-37-27-29(19-23-36(37)46-42)28-12-4-2-5-13-28/h2-27,40,42,46H,1H3/p+1. The van der Waals surface area contributed by atoms with E-state index in [-0.39, 0.29) is 17.5 Å². The van der Waals surface area contributed by atoms with E-state index in [4.69, 9.17) is 4.99 Å². The van der Waals surface area contributed by atoms with E-state index in [0.29, 0.717) is 0 Å². The van der Waals surface area contributed by atoms with Gasteiger partial charge < -0.3 is 4.90 Å². The third-order valence-corrected chi connectivity index (χ3v) is 11.3. The van der Waals surface area contributed by atoms with Gasteiger partial charge in [-0.15, -0.1) is 0 Å². The summed E-state index contributed by atoms with van der Waals surface area (Å²) in [5, 5.41) is 5.01. The highest BCUT2D eigenvalue weighted by molar-refractivity contribution is 6.21. The molecular weight excluding hydrogens is 597 g/mol. The van der Waals surface area contributed by atoms with Gasteiger partial charge in [-0.05, 0) is 77.2 Å². The van der Waals surface area contributed by atoms with Crippen LogP contribution in [0, 0.1) is 0 Å². The number of allylic oxidation sites excluding steroid dienone is 2. The molecule has 2 N–H and O–H groups in total. The minimum absolute atomic E-state index is 0.0586. The van der Waals surface area contributed by atoms with E-state index >= 15 is 0 Å². The molecule has 0 spiro atoms. The Morgan fingerprint density at radius 3 is 2.37 bits per heavy atom. The zero-order valence-corrected chi connectivity index (χ0v) is 27.1. The van der Waals surface area contributed by atoms with E-state index in [2.05, 4.69) is 179 Å². The fraction of sp³-hybridized carbons (Fsp3) is 0.0889. The maximum atomic E-state index is 5.48. The van der Waals surface area contributed by atoms with Crippen LogP contribution in [0.25, 0.3) is 44.1 Å². The monoisotopic (exact) mass is 629 g/mol. The molecule has 49 heavy (non-hydrogen) atoms. The number of rotatable bonds is 3. The third kappa shape index (κ3) is 3.64. The number of aromatic nitrogens is 1. The molecule has 0 fully saturated rings. The molecule has 4 nitrogen and oxygen atoms in total. The Kier molecular flexibility index (Phi) is 5.40. The smallest absolute Gasteiger partial charge is 0.178 e. The van der Waals surface area contributed by atoms with E-state index in [1.54, 1.807) is 0 Å². The van der Waals surface area contributed by atoms with Crippen LogP contribution in [0.2, 0.25) is 0 Å². The first-order valence-electron chi connectivity index (χ1n) is 17.2. The summed E-state index contributed by atoms with van der Waals surface area (Å²) in [5.41, 5.74) is 14.7. The van der Waals surface area contributed by atoms with Gasteiger partial charge in [0.1, 0.15) is 5.69 Å².